The quantitative estimate of drug-likeness (QED) is 0.422. The Morgan fingerprint density at radius 1 is 1.75 bits per heavy atom. The smallest absolute Gasteiger partial charge is 0.329 e. The van der Waals surface area contributed by atoms with Crippen LogP contribution in [0.4, 0.5) is 0 Å². The van der Waals surface area contributed by atoms with Crippen LogP contribution in [0.15, 0.2) is 12.2 Å². The van der Waals surface area contributed by atoms with Crippen LogP contribution in [-0.2, 0) is 19.1 Å². The third-order valence-electron chi connectivity index (χ3n) is 3.02. The second-order valence-corrected chi connectivity index (χ2v) is 5.32. The van der Waals surface area contributed by atoms with E-state index in [0.717, 1.165) is 5.75 Å². The normalized spacial score (nSPS) is 36.0. The van der Waals surface area contributed by atoms with Gasteiger partial charge in [0.2, 0.25) is 0 Å². The van der Waals surface area contributed by atoms with Crippen LogP contribution in [0.5, 0.6) is 0 Å². The zero-order valence-corrected chi connectivity index (χ0v) is 10.1. The number of esters is 2. The van der Waals surface area contributed by atoms with Crippen molar-refractivity contribution < 1.29 is 19.1 Å². The number of carbonyl (C=O) groups is 2. The maximum absolute atomic E-state index is 11.9. The third-order valence-corrected chi connectivity index (χ3v) is 4.32. The number of hydrogen-bond acceptors (Lipinski definition) is 5. The van der Waals surface area contributed by atoms with Crippen LogP contribution < -0.4 is 0 Å². The lowest BCUT2D eigenvalue weighted by Crippen LogP contribution is -2.56. The molecule has 3 unspecified atom stereocenters. The van der Waals surface area contributed by atoms with Gasteiger partial charge < -0.3 is 9.47 Å². The van der Waals surface area contributed by atoms with Crippen molar-refractivity contribution in [2.75, 3.05) is 12.9 Å². The zero-order chi connectivity index (χ0) is 11.8. The molecule has 5 heteroatoms. The lowest BCUT2D eigenvalue weighted by molar-refractivity contribution is -0.176. The lowest BCUT2D eigenvalue weighted by Gasteiger charge is -2.43. The Morgan fingerprint density at radius 2 is 2.50 bits per heavy atom. The summed E-state index contributed by atoms with van der Waals surface area (Å²) in [5.41, 5.74) is -1.22. The Balaban J connectivity index is 2.39. The van der Waals surface area contributed by atoms with Crippen molar-refractivity contribution in [3.05, 3.63) is 12.2 Å². The summed E-state index contributed by atoms with van der Waals surface area (Å²) < 4.78 is 9.90. The maximum atomic E-state index is 11.9. The first kappa shape index (κ1) is 11.5. The van der Waals surface area contributed by atoms with Gasteiger partial charge in [0.25, 0.3) is 0 Å². The van der Waals surface area contributed by atoms with Crippen LogP contribution in [0.2, 0.25) is 0 Å². The average Bonchev–Trinajstić information content (AvgIpc) is 2.29. The molecule has 0 aromatic rings. The van der Waals surface area contributed by atoms with Crippen molar-refractivity contribution in [2.24, 2.45) is 5.41 Å². The molecule has 3 aliphatic rings. The van der Waals surface area contributed by atoms with Gasteiger partial charge in [-0.15, -0.1) is 0 Å². The fourth-order valence-electron chi connectivity index (χ4n) is 2.22. The molecule has 16 heavy (non-hydrogen) atoms. The molecule has 1 fully saturated rings. The fraction of sp³-hybridized carbons (Fsp3) is 0.636. The highest BCUT2D eigenvalue weighted by Gasteiger charge is 2.59. The van der Waals surface area contributed by atoms with Gasteiger partial charge in [0.15, 0.2) is 5.41 Å². The highest BCUT2D eigenvalue weighted by molar-refractivity contribution is 8.00. The molecule has 2 bridgehead atoms. The van der Waals surface area contributed by atoms with Crippen molar-refractivity contribution in [3.8, 4) is 0 Å². The minimum Gasteiger partial charge on any atom is -0.468 e. The van der Waals surface area contributed by atoms with Gasteiger partial charge >= 0.3 is 11.9 Å². The number of hydrogen-bond donors (Lipinski definition) is 0. The van der Waals surface area contributed by atoms with E-state index in [2.05, 4.69) is 0 Å². The number of rotatable bonds is 3. The third kappa shape index (κ3) is 1.45. The van der Waals surface area contributed by atoms with Crippen LogP contribution in [0.3, 0.4) is 0 Å². The Morgan fingerprint density at radius 3 is 3.06 bits per heavy atom. The Bertz CT molecular complexity index is 352. The second kappa shape index (κ2) is 4.13. The highest BCUT2D eigenvalue weighted by Crippen LogP contribution is 2.46. The monoisotopic (exact) mass is 242 g/mol. The molecule has 0 radical (unpaired) electrons. The first-order chi connectivity index (χ1) is 7.65. The summed E-state index contributed by atoms with van der Waals surface area (Å²) in [6.07, 6.45) is 3.95. The molecule has 1 saturated heterocycles. The molecule has 3 rings (SSSR count). The van der Waals surface area contributed by atoms with E-state index in [9.17, 15) is 9.59 Å². The number of fused-ring (bicyclic) bond motifs is 2. The number of thioether (sulfide) groups is 1. The average molecular weight is 242 g/mol. The SMILES string of the molecule is CCSC1CC2C=CC1(C(=O)OC)C(=O)O2. The van der Waals surface area contributed by atoms with Crippen molar-refractivity contribution in [2.45, 2.75) is 24.7 Å². The molecule has 0 aromatic heterocycles. The van der Waals surface area contributed by atoms with Gasteiger partial charge in [0.05, 0.1) is 7.11 Å². The highest BCUT2D eigenvalue weighted by atomic mass is 32.2. The van der Waals surface area contributed by atoms with E-state index in [0.29, 0.717) is 6.42 Å². The maximum Gasteiger partial charge on any atom is 0.329 e. The van der Waals surface area contributed by atoms with Crippen LogP contribution in [0, 0.1) is 5.41 Å². The zero-order valence-electron chi connectivity index (χ0n) is 9.26. The number of methoxy groups -OCH3 is 1. The molecule has 2 aliphatic heterocycles. The van der Waals surface area contributed by atoms with Gasteiger partial charge in [-0.05, 0) is 11.8 Å². The van der Waals surface area contributed by atoms with Crippen LogP contribution in [0.1, 0.15) is 13.3 Å². The van der Waals surface area contributed by atoms with E-state index >= 15 is 0 Å². The van der Waals surface area contributed by atoms with Gasteiger partial charge in [-0.2, -0.15) is 11.8 Å². The summed E-state index contributed by atoms with van der Waals surface area (Å²) in [6.45, 7) is 2.01. The Hall–Kier alpha value is -0.970. The van der Waals surface area contributed by atoms with E-state index in [4.69, 9.17) is 9.47 Å². The summed E-state index contributed by atoms with van der Waals surface area (Å²) in [6, 6.07) is 0. The first-order valence-electron chi connectivity index (χ1n) is 5.25. The van der Waals surface area contributed by atoms with Gasteiger partial charge in [0.1, 0.15) is 6.10 Å². The number of carbonyl (C=O) groups excluding carboxylic acids is 2. The molecule has 3 atom stereocenters. The van der Waals surface area contributed by atoms with Gasteiger partial charge in [-0.3, -0.25) is 9.59 Å². The molecule has 4 nitrogen and oxygen atoms in total. The van der Waals surface area contributed by atoms with E-state index in [1.807, 2.05) is 6.92 Å². The predicted molar refractivity (Wildman–Crippen MR) is 60.0 cm³/mol. The lowest BCUT2D eigenvalue weighted by atomic mass is 9.75. The molecule has 0 spiro atoms. The minimum atomic E-state index is -1.22. The van der Waals surface area contributed by atoms with Crippen molar-refractivity contribution >= 4 is 23.7 Å². The van der Waals surface area contributed by atoms with Gasteiger partial charge in [0, 0.05) is 11.7 Å². The predicted octanol–water partition coefficient (Wildman–Crippen LogP) is 1.15. The van der Waals surface area contributed by atoms with E-state index < -0.39 is 17.4 Å². The standard InChI is InChI=1S/C11H14O4S/c1-3-16-8-6-7-4-5-11(8,9(12)14-2)10(13)15-7/h4-5,7-8H,3,6H2,1-2H3. The molecule has 88 valence electrons. The summed E-state index contributed by atoms with van der Waals surface area (Å²) >= 11 is 1.61. The topological polar surface area (TPSA) is 52.6 Å². The summed E-state index contributed by atoms with van der Waals surface area (Å²) in [7, 11) is 1.30. The molecule has 1 aliphatic carbocycles. The minimum absolute atomic E-state index is 0.0683. The van der Waals surface area contributed by atoms with Crippen molar-refractivity contribution in [3.63, 3.8) is 0 Å². The van der Waals surface area contributed by atoms with Gasteiger partial charge in [-0.1, -0.05) is 13.0 Å². The molecule has 0 amide bonds. The van der Waals surface area contributed by atoms with E-state index in [1.165, 1.54) is 7.11 Å². The Kier molecular flexibility index (Phi) is 2.97. The summed E-state index contributed by atoms with van der Waals surface area (Å²) in [5.74, 6) is -0.126. The molecule has 0 aromatic carbocycles. The molecular formula is C11H14O4S. The summed E-state index contributed by atoms with van der Waals surface area (Å²) in [5, 5.41) is -0.0683. The van der Waals surface area contributed by atoms with Gasteiger partial charge in [-0.25, -0.2) is 0 Å². The number of ether oxygens (including phenoxy) is 2. The fourth-order valence-corrected chi connectivity index (χ4v) is 3.48. The molecular weight excluding hydrogens is 228 g/mol. The largest absolute Gasteiger partial charge is 0.468 e. The second-order valence-electron chi connectivity index (χ2n) is 3.84. The molecule has 0 saturated carbocycles. The van der Waals surface area contributed by atoms with E-state index in [1.54, 1.807) is 23.9 Å². The molecule has 2 heterocycles. The first-order valence-corrected chi connectivity index (χ1v) is 6.30. The van der Waals surface area contributed by atoms with Crippen LogP contribution in [0.25, 0.3) is 0 Å². The van der Waals surface area contributed by atoms with Crippen molar-refractivity contribution in [1.29, 1.82) is 0 Å². The molecule has 0 N–H and O–H groups in total. The van der Waals surface area contributed by atoms with Crippen LogP contribution >= 0.6 is 11.8 Å². The Labute approximate surface area is 98.4 Å². The van der Waals surface area contributed by atoms with Crippen LogP contribution in [-0.4, -0.2) is 36.2 Å². The summed E-state index contributed by atoms with van der Waals surface area (Å²) in [4.78, 5) is 23.7. The van der Waals surface area contributed by atoms with Crippen molar-refractivity contribution in [1.82, 2.24) is 0 Å². The van der Waals surface area contributed by atoms with E-state index in [-0.39, 0.29) is 11.4 Å².